The Hall–Kier alpha value is -4.07. The third-order valence-corrected chi connectivity index (χ3v) is 6.35. The molecule has 2 heterocycles. The fourth-order valence-electron chi connectivity index (χ4n) is 4.55. The monoisotopic (exact) mass is 477 g/mol. The van der Waals surface area contributed by atoms with Gasteiger partial charge < -0.3 is 33.3 Å². The van der Waals surface area contributed by atoms with Crippen LogP contribution < -0.4 is 28.4 Å². The van der Waals surface area contributed by atoms with Crippen molar-refractivity contribution in [2.45, 2.75) is 12.5 Å². The smallest absolute Gasteiger partial charge is 0.254 e. The average molecular weight is 478 g/mol. The van der Waals surface area contributed by atoms with Crippen LogP contribution in [0.15, 0.2) is 54.6 Å². The van der Waals surface area contributed by atoms with E-state index in [1.165, 1.54) is 0 Å². The lowest BCUT2D eigenvalue weighted by atomic mass is 9.91. The Kier molecular flexibility index (Phi) is 6.27. The molecular weight excluding hydrogens is 450 g/mol. The second-order valence-electron chi connectivity index (χ2n) is 8.20. The Balaban J connectivity index is 1.51. The molecule has 1 atom stereocenters. The van der Waals surface area contributed by atoms with Crippen LogP contribution in [-0.4, -0.2) is 52.1 Å². The van der Waals surface area contributed by atoms with Gasteiger partial charge in [-0.2, -0.15) is 0 Å². The lowest BCUT2D eigenvalue weighted by Gasteiger charge is -2.37. The Bertz CT molecular complexity index is 1240. The van der Waals surface area contributed by atoms with Gasteiger partial charge in [-0.15, -0.1) is 0 Å². The first-order valence-electron chi connectivity index (χ1n) is 11.3. The van der Waals surface area contributed by atoms with Crippen LogP contribution in [-0.2, 0) is 6.42 Å². The number of rotatable bonds is 7. The van der Waals surface area contributed by atoms with Crippen molar-refractivity contribution in [1.29, 1.82) is 0 Å². The lowest BCUT2D eigenvalue weighted by Crippen LogP contribution is -2.42. The Morgan fingerprint density at radius 3 is 2.37 bits per heavy atom. The van der Waals surface area contributed by atoms with Gasteiger partial charge in [0.25, 0.3) is 5.91 Å². The molecule has 182 valence electrons. The number of carbonyl (C=O) groups is 1. The molecule has 3 aromatic carbocycles. The van der Waals surface area contributed by atoms with Crippen LogP contribution in [0.3, 0.4) is 0 Å². The van der Waals surface area contributed by atoms with Crippen LogP contribution in [0.5, 0.6) is 34.5 Å². The summed E-state index contributed by atoms with van der Waals surface area (Å²) in [7, 11) is 4.82. The second kappa shape index (κ2) is 9.66. The molecule has 1 amide bonds. The largest absolute Gasteiger partial charge is 0.493 e. The molecule has 0 N–H and O–H groups in total. The van der Waals surface area contributed by atoms with Gasteiger partial charge in [0.05, 0.1) is 27.4 Å². The van der Waals surface area contributed by atoms with Crippen molar-refractivity contribution >= 4 is 5.91 Å². The highest BCUT2D eigenvalue weighted by Gasteiger charge is 2.34. The van der Waals surface area contributed by atoms with E-state index in [0.29, 0.717) is 53.0 Å². The molecule has 0 aromatic heterocycles. The molecule has 0 aliphatic carbocycles. The zero-order chi connectivity index (χ0) is 24.4. The number of hydrogen-bond acceptors (Lipinski definition) is 7. The zero-order valence-electron chi connectivity index (χ0n) is 19.9. The van der Waals surface area contributed by atoms with Crippen molar-refractivity contribution < 1.29 is 33.2 Å². The van der Waals surface area contributed by atoms with E-state index >= 15 is 0 Å². The summed E-state index contributed by atoms with van der Waals surface area (Å²) in [5.41, 5.74) is 2.57. The normalized spacial score (nSPS) is 15.9. The van der Waals surface area contributed by atoms with Gasteiger partial charge in [-0.05, 0) is 60.0 Å². The number of fused-ring (bicyclic) bond motifs is 2. The molecular formula is C27H27NO7. The molecule has 35 heavy (non-hydrogen) atoms. The van der Waals surface area contributed by atoms with Crippen molar-refractivity contribution in [3.8, 4) is 34.5 Å². The highest BCUT2D eigenvalue weighted by molar-refractivity contribution is 5.95. The predicted octanol–water partition coefficient (Wildman–Crippen LogP) is 4.26. The van der Waals surface area contributed by atoms with Crippen LogP contribution in [0.2, 0.25) is 0 Å². The number of nitrogens with zero attached hydrogens (tertiary/aromatic N) is 1. The molecule has 0 spiro atoms. The van der Waals surface area contributed by atoms with Crippen LogP contribution in [0.1, 0.15) is 27.5 Å². The van der Waals surface area contributed by atoms with E-state index in [1.54, 1.807) is 39.5 Å². The van der Waals surface area contributed by atoms with Crippen molar-refractivity contribution in [1.82, 2.24) is 4.90 Å². The molecule has 5 rings (SSSR count). The molecule has 0 fully saturated rings. The maximum absolute atomic E-state index is 13.7. The number of carbonyl (C=O) groups excluding carboxylic acids is 1. The van der Waals surface area contributed by atoms with Gasteiger partial charge in [0.15, 0.2) is 34.5 Å². The van der Waals surface area contributed by atoms with Gasteiger partial charge in [-0.1, -0.05) is 12.1 Å². The minimum Gasteiger partial charge on any atom is -0.493 e. The Morgan fingerprint density at radius 2 is 1.60 bits per heavy atom. The van der Waals surface area contributed by atoms with E-state index in [-0.39, 0.29) is 25.3 Å². The van der Waals surface area contributed by atoms with Gasteiger partial charge in [0.2, 0.25) is 6.79 Å². The molecule has 3 aromatic rings. The summed E-state index contributed by atoms with van der Waals surface area (Å²) in [4.78, 5) is 15.6. The number of ether oxygens (including phenoxy) is 6. The summed E-state index contributed by atoms with van der Waals surface area (Å²) < 4.78 is 33.6. The van der Waals surface area contributed by atoms with Crippen molar-refractivity contribution in [2.75, 3.05) is 41.3 Å². The summed E-state index contributed by atoms with van der Waals surface area (Å²) >= 11 is 0. The topological polar surface area (TPSA) is 75.7 Å². The standard InChI is InChI=1S/C27H27NO7/c1-30-21-6-4-5-7-22(21)33-15-20-19-14-25(32-3)24(31-2)12-17(19)10-11-28(20)27(29)18-8-9-23-26(13-18)35-16-34-23/h4-9,12-14,20H,10-11,15-16H2,1-3H3/t20-/m0/s1. The van der Waals surface area contributed by atoms with Crippen LogP contribution in [0.25, 0.3) is 0 Å². The molecule has 0 radical (unpaired) electrons. The molecule has 8 nitrogen and oxygen atoms in total. The lowest BCUT2D eigenvalue weighted by molar-refractivity contribution is 0.0587. The fourth-order valence-corrected chi connectivity index (χ4v) is 4.55. The van der Waals surface area contributed by atoms with E-state index in [9.17, 15) is 4.79 Å². The van der Waals surface area contributed by atoms with E-state index < -0.39 is 0 Å². The van der Waals surface area contributed by atoms with Crippen molar-refractivity contribution in [2.24, 2.45) is 0 Å². The molecule has 0 saturated carbocycles. The Labute approximate surface area is 203 Å². The zero-order valence-corrected chi connectivity index (χ0v) is 19.9. The van der Waals surface area contributed by atoms with Crippen molar-refractivity contribution in [3.63, 3.8) is 0 Å². The highest BCUT2D eigenvalue weighted by Crippen LogP contribution is 2.40. The van der Waals surface area contributed by atoms with E-state index in [0.717, 1.165) is 11.1 Å². The predicted molar refractivity (Wildman–Crippen MR) is 128 cm³/mol. The maximum Gasteiger partial charge on any atom is 0.254 e. The van der Waals surface area contributed by atoms with Gasteiger partial charge in [-0.3, -0.25) is 4.79 Å². The summed E-state index contributed by atoms with van der Waals surface area (Å²) in [6, 6.07) is 16.3. The van der Waals surface area contributed by atoms with Gasteiger partial charge in [0, 0.05) is 12.1 Å². The molecule has 0 unspecified atom stereocenters. The first-order valence-corrected chi connectivity index (χ1v) is 11.3. The van der Waals surface area contributed by atoms with Crippen LogP contribution in [0.4, 0.5) is 0 Å². The Morgan fingerprint density at radius 1 is 0.886 bits per heavy atom. The summed E-state index contributed by atoms with van der Waals surface area (Å²) in [6.45, 7) is 0.913. The molecule has 2 aliphatic rings. The van der Waals surface area contributed by atoms with E-state index in [1.807, 2.05) is 41.3 Å². The summed E-state index contributed by atoms with van der Waals surface area (Å²) in [5, 5.41) is 0. The molecule has 0 bridgehead atoms. The third-order valence-electron chi connectivity index (χ3n) is 6.35. The van der Waals surface area contributed by atoms with Gasteiger partial charge in [-0.25, -0.2) is 0 Å². The van der Waals surface area contributed by atoms with Crippen LogP contribution >= 0.6 is 0 Å². The van der Waals surface area contributed by atoms with E-state index in [2.05, 4.69) is 0 Å². The fraction of sp³-hybridized carbons (Fsp3) is 0.296. The first kappa shape index (κ1) is 22.7. The summed E-state index contributed by atoms with van der Waals surface area (Å²) in [6.07, 6.45) is 0.678. The second-order valence-corrected chi connectivity index (χ2v) is 8.20. The molecule has 0 saturated heterocycles. The quantitative estimate of drug-likeness (QED) is 0.503. The van der Waals surface area contributed by atoms with Gasteiger partial charge in [0.1, 0.15) is 6.61 Å². The van der Waals surface area contributed by atoms with Gasteiger partial charge >= 0.3 is 0 Å². The minimum absolute atomic E-state index is 0.114. The number of amides is 1. The number of benzene rings is 3. The number of hydrogen-bond donors (Lipinski definition) is 0. The van der Waals surface area contributed by atoms with E-state index in [4.69, 9.17) is 28.4 Å². The SMILES string of the molecule is COc1cc2c(cc1OC)[C@H](COc1ccccc1OC)N(C(=O)c1ccc3c(c1)OCO3)CC2. The third kappa shape index (κ3) is 4.27. The van der Waals surface area contributed by atoms with Crippen LogP contribution in [0, 0.1) is 0 Å². The highest BCUT2D eigenvalue weighted by atomic mass is 16.7. The van der Waals surface area contributed by atoms with Crippen molar-refractivity contribution in [3.05, 3.63) is 71.3 Å². The average Bonchev–Trinajstić information content (AvgIpc) is 3.38. The molecule has 8 heteroatoms. The molecule has 2 aliphatic heterocycles. The minimum atomic E-state index is -0.360. The number of para-hydroxylation sites is 2. The first-order chi connectivity index (χ1) is 17.1. The number of methoxy groups -OCH3 is 3. The maximum atomic E-state index is 13.7. The summed E-state index contributed by atoms with van der Waals surface area (Å²) in [5.74, 6) is 3.59.